The molecule has 2 rings (SSSR count). The lowest BCUT2D eigenvalue weighted by Gasteiger charge is -2.33. The number of piperidine rings is 1. The molecule has 1 unspecified atom stereocenters. The molecule has 0 radical (unpaired) electrons. The molecule has 1 atom stereocenters. The Kier molecular flexibility index (Phi) is 5.11. The molecule has 0 aliphatic carbocycles. The van der Waals surface area contributed by atoms with Crippen LogP contribution >= 0.6 is 0 Å². The van der Waals surface area contributed by atoms with E-state index in [9.17, 15) is 14.4 Å². The first kappa shape index (κ1) is 15.0. The molecule has 6 heteroatoms. The van der Waals surface area contributed by atoms with Crippen LogP contribution in [0, 0.1) is 5.92 Å². The number of rotatable bonds is 5. The Labute approximate surface area is 118 Å². The zero-order valence-electron chi connectivity index (χ0n) is 11.7. The zero-order valence-corrected chi connectivity index (χ0v) is 11.7. The molecule has 0 bridgehead atoms. The summed E-state index contributed by atoms with van der Waals surface area (Å²) in [6.07, 6.45) is 3.49. The average molecular weight is 282 g/mol. The fraction of sp³-hybridized carbons (Fsp3) is 0.786. The van der Waals surface area contributed by atoms with Gasteiger partial charge >= 0.3 is 0 Å². The van der Waals surface area contributed by atoms with Gasteiger partial charge in [-0.3, -0.25) is 19.3 Å². The Balaban J connectivity index is 1.79. The topological polar surface area (TPSA) is 77.9 Å². The van der Waals surface area contributed by atoms with Crippen LogP contribution in [0.4, 0.5) is 0 Å². The molecule has 3 amide bonds. The van der Waals surface area contributed by atoms with Crippen molar-refractivity contribution in [1.29, 1.82) is 0 Å². The summed E-state index contributed by atoms with van der Waals surface area (Å²) in [6, 6.07) is 0. The number of amides is 3. The number of aliphatic hydroxyl groups excluding tert-OH is 1. The summed E-state index contributed by atoms with van der Waals surface area (Å²) in [7, 11) is 0. The van der Waals surface area contributed by atoms with E-state index in [0.717, 1.165) is 25.8 Å². The van der Waals surface area contributed by atoms with Crippen LogP contribution in [-0.4, -0.2) is 58.9 Å². The minimum absolute atomic E-state index is 0.000129. The summed E-state index contributed by atoms with van der Waals surface area (Å²) in [5.74, 6) is 0.0343. The Morgan fingerprint density at radius 1 is 1.25 bits per heavy atom. The van der Waals surface area contributed by atoms with Gasteiger partial charge in [-0.1, -0.05) is 0 Å². The van der Waals surface area contributed by atoms with Crippen molar-refractivity contribution >= 4 is 17.7 Å². The maximum Gasteiger partial charge on any atom is 0.229 e. The maximum absolute atomic E-state index is 12.1. The molecule has 1 N–H and O–H groups in total. The average Bonchev–Trinajstić information content (AvgIpc) is 2.76. The van der Waals surface area contributed by atoms with E-state index in [4.69, 9.17) is 5.11 Å². The molecular weight excluding hydrogens is 260 g/mol. The number of nitrogens with zero attached hydrogens (tertiary/aromatic N) is 2. The van der Waals surface area contributed by atoms with Crippen LogP contribution in [0.15, 0.2) is 0 Å². The van der Waals surface area contributed by atoms with E-state index in [1.807, 2.05) is 0 Å². The second-order valence-corrected chi connectivity index (χ2v) is 5.55. The summed E-state index contributed by atoms with van der Waals surface area (Å²) in [4.78, 5) is 38.1. The molecule has 2 fully saturated rings. The van der Waals surface area contributed by atoms with E-state index in [0.29, 0.717) is 12.5 Å². The molecule has 0 saturated carbocycles. The molecular formula is C14H22N2O4. The molecule has 2 heterocycles. The van der Waals surface area contributed by atoms with Gasteiger partial charge in [0.15, 0.2) is 0 Å². The molecule has 6 nitrogen and oxygen atoms in total. The van der Waals surface area contributed by atoms with Crippen molar-refractivity contribution in [2.24, 2.45) is 5.92 Å². The highest BCUT2D eigenvalue weighted by molar-refractivity contribution is 6.02. The van der Waals surface area contributed by atoms with Crippen LogP contribution in [0.3, 0.4) is 0 Å². The van der Waals surface area contributed by atoms with Gasteiger partial charge in [0.05, 0.1) is 0 Å². The molecule has 0 aromatic carbocycles. The fourth-order valence-electron chi connectivity index (χ4n) is 2.95. The summed E-state index contributed by atoms with van der Waals surface area (Å²) in [5, 5.41) is 8.96. The van der Waals surface area contributed by atoms with E-state index in [-0.39, 0.29) is 50.1 Å². The van der Waals surface area contributed by atoms with Gasteiger partial charge in [-0.25, -0.2) is 0 Å². The van der Waals surface area contributed by atoms with E-state index in [2.05, 4.69) is 0 Å². The molecule has 2 aliphatic rings. The van der Waals surface area contributed by atoms with Crippen molar-refractivity contribution < 1.29 is 19.5 Å². The van der Waals surface area contributed by atoms with E-state index in [1.54, 1.807) is 4.90 Å². The molecule has 112 valence electrons. The highest BCUT2D eigenvalue weighted by Crippen LogP contribution is 2.20. The van der Waals surface area contributed by atoms with Crippen LogP contribution in [0.1, 0.15) is 38.5 Å². The smallest absolute Gasteiger partial charge is 0.229 e. The predicted molar refractivity (Wildman–Crippen MR) is 71.6 cm³/mol. The van der Waals surface area contributed by atoms with Gasteiger partial charge in [0.1, 0.15) is 0 Å². The summed E-state index contributed by atoms with van der Waals surface area (Å²) < 4.78 is 0. The highest BCUT2D eigenvalue weighted by Gasteiger charge is 2.30. The second-order valence-electron chi connectivity index (χ2n) is 5.55. The lowest BCUT2D eigenvalue weighted by molar-refractivity contribution is -0.139. The Morgan fingerprint density at radius 3 is 2.60 bits per heavy atom. The fourth-order valence-corrected chi connectivity index (χ4v) is 2.95. The predicted octanol–water partition coefficient (Wildman–Crippen LogP) is 0.147. The molecule has 20 heavy (non-hydrogen) atoms. The number of imide groups is 1. The third-order valence-electron chi connectivity index (χ3n) is 4.11. The SMILES string of the molecule is O=C(CCN1C(=O)CCC1=O)N1CCCC(CCO)C1. The van der Waals surface area contributed by atoms with Gasteiger partial charge in [0.2, 0.25) is 17.7 Å². The zero-order chi connectivity index (χ0) is 14.5. The maximum atomic E-state index is 12.1. The number of aliphatic hydroxyl groups is 1. The molecule has 0 spiro atoms. The minimum atomic E-state index is -0.167. The van der Waals surface area contributed by atoms with Crippen molar-refractivity contribution in [2.45, 2.75) is 38.5 Å². The van der Waals surface area contributed by atoms with Gasteiger partial charge in [0.25, 0.3) is 0 Å². The van der Waals surface area contributed by atoms with Gasteiger partial charge in [0, 0.05) is 45.5 Å². The lowest BCUT2D eigenvalue weighted by atomic mass is 9.95. The van der Waals surface area contributed by atoms with E-state index >= 15 is 0 Å². The Bertz CT molecular complexity index is 379. The minimum Gasteiger partial charge on any atom is -0.396 e. The van der Waals surface area contributed by atoms with Crippen molar-refractivity contribution in [3.63, 3.8) is 0 Å². The Hall–Kier alpha value is -1.43. The van der Waals surface area contributed by atoms with Crippen LogP contribution < -0.4 is 0 Å². The van der Waals surface area contributed by atoms with Gasteiger partial charge < -0.3 is 10.0 Å². The van der Waals surface area contributed by atoms with E-state index in [1.165, 1.54) is 4.90 Å². The van der Waals surface area contributed by atoms with Crippen molar-refractivity contribution in [3.05, 3.63) is 0 Å². The first-order chi connectivity index (χ1) is 9.61. The van der Waals surface area contributed by atoms with Gasteiger partial charge in [-0.15, -0.1) is 0 Å². The number of carbonyl (C=O) groups excluding carboxylic acids is 3. The number of likely N-dealkylation sites (tertiary alicyclic amines) is 2. The van der Waals surface area contributed by atoms with Crippen molar-refractivity contribution in [2.75, 3.05) is 26.2 Å². The molecule has 0 aromatic rings. The monoisotopic (exact) mass is 282 g/mol. The molecule has 2 aliphatic heterocycles. The van der Waals surface area contributed by atoms with Crippen LogP contribution in [-0.2, 0) is 14.4 Å². The van der Waals surface area contributed by atoms with Crippen LogP contribution in [0.2, 0.25) is 0 Å². The number of hydrogen-bond donors (Lipinski definition) is 1. The third kappa shape index (κ3) is 3.56. The van der Waals surface area contributed by atoms with Crippen molar-refractivity contribution in [3.8, 4) is 0 Å². The molecule has 2 saturated heterocycles. The summed E-state index contributed by atoms with van der Waals surface area (Å²) in [5.41, 5.74) is 0. The largest absolute Gasteiger partial charge is 0.396 e. The summed E-state index contributed by atoms with van der Waals surface area (Å²) in [6.45, 7) is 1.78. The highest BCUT2D eigenvalue weighted by atomic mass is 16.3. The first-order valence-corrected chi connectivity index (χ1v) is 7.33. The van der Waals surface area contributed by atoms with Crippen LogP contribution in [0.5, 0.6) is 0 Å². The second kappa shape index (κ2) is 6.83. The van der Waals surface area contributed by atoms with Gasteiger partial charge in [-0.2, -0.15) is 0 Å². The summed E-state index contributed by atoms with van der Waals surface area (Å²) >= 11 is 0. The Morgan fingerprint density at radius 2 is 1.95 bits per heavy atom. The number of carbonyl (C=O) groups is 3. The molecule has 0 aromatic heterocycles. The van der Waals surface area contributed by atoms with E-state index < -0.39 is 0 Å². The van der Waals surface area contributed by atoms with Crippen LogP contribution in [0.25, 0.3) is 0 Å². The standard InChI is InChI=1S/C14H22N2O4/c17-9-6-11-2-1-7-15(10-11)12(18)5-8-16-13(19)3-4-14(16)20/h11,17H,1-10H2. The number of hydrogen-bond acceptors (Lipinski definition) is 4. The first-order valence-electron chi connectivity index (χ1n) is 7.33. The third-order valence-corrected chi connectivity index (χ3v) is 4.11. The quantitative estimate of drug-likeness (QED) is 0.728. The normalized spacial score (nSPS) is 23.6. The lowest BCUT2D eigenvalue weighted by Crippen LogP contribution is -2.42. The van der Waals surface area contributed by atoms with Gasteiger partial charge in [-0.05, 0) is 25.2 Å². The van der Waals surface area contributed by atoms with Crippen molar-refractivity contribution in [1.82, 2.24) is 9.80 Å².